The number of hydrogen-bond donors (Lipinski definition) is 1. The van der Waals surface area contributed by atoms with Crippen molar-refractivity contribution < 1.29 is 18.4 Å². The first kappa shape index (κ1) is 25.4. The maximum absolute atomic E-state index is 13.5. The zero-order valence-corrected chi connectivity index (χ0v) is 20.4. The van der Waals surface area contributed by atoms with Crippen molar-refractivity contribution in [2.45, 2.75) is 33.9 Å². The Bertz CT molecular complexity index is 1120. The van der Waals surface area contributed by atoms with Crippen molar-refractivity contribution in [1.29, 1.82) is 0 Å². The number of nitrogens with one attached hydrogen (secondary N) is 1. The maximum atomic E-state index is 13.5. The second-order valence-corrected chi connectivity index (χ2v) is 9.98. The standard InChI is InChI=1S/C26H29F2N3O2S/c1-18(2)14-31(26(33)29-23-6-4-5-22(28)13-23)17-25(32)30(16-24-12-7-19(3)34-24)15-20-8-10-21(27)11-9-20/h4-13,18H,14-17H2,1-3H3,(H,29,33). The van der Waals surface area contributed by atoms with Crippen molar-refractivity contribution in [1.82, 2.24) is 9.80 Å². The first-order chi connectivity index (χ1) is 16.2. The lowest BCUT2D eigenvalue weighted by atomic mass is 10.2. The topological polar surface area (TPSA) is 52.7 Å². The summed E-state index contributed by atoms with van der Waals surface area (Å²) in [4.78, 5) is 31.6. The van der Waals surface area contributed by atoms with Gasteiger partial charge in [-0.3, -0.25) is 4.79 Å². The fraction of sp³-hybridized carbons (Fsp3) is 0.308. The zero-order chi connectivity index (χ0) is 24.7. The van der Waals surface area contributed by atoms with E-state index in [1.54, 1.807) is 34.4 Å². The van der Waals surface area contributed by atoms with Gasteiger partial charge in [-0.1, -0.05) is 32.0 Å². The van der Waals surface area contributed by atoms with Crippen LogP contribution in [0.5, 0.6) is 0 Å². The SMILES string of the molecule is Cc1ccc(CN(Cc2ccc(F)cc2)C(=O)CN(CC(C)C)C(=O)Nc2cccc(F)c2)s1. The van der Waals surface area contributed by atoms with Crippen LogP contribution >= 0.6 is 11.3 Å². The van der Waals surface area contributed by atoms with Crippen LogP contribution in [0.15, 0.2) is 60.7 Å². The minimum absolute atomic E-state index is 0.122. The molecule has 0 radical (unpaired) electrons. The molecule has 1 aromatic heterocycles. The lowest BCUT2D eigenvalue weighted by Gasteiger charge is -2.29. The largest absolute Gasteiger partial charge is 0.332 e. The molecule has 0 unspecified atom stereocenters. The van der Waals surface area contributed by atoms with E-state index in [0.717, 1.165) is 15.3 Å². The number of nitrogens with zero attached hydrogens (tertiary/aromatic N) is 2. The molecule has 1 N–H and O–H groups in total. The van der Waals surface area contributed by atoms with Crippen LogP contribution in [0.2, 0.25) is 0 Å². The van der Waals surface area contributed by atoms with Crippen molar-refractivity contribution in [3.63, 3.8) is 0 Å². The third-order valence-electron chi connectivity index (χ3n) is 5.06. The van der Waals surface area contributed by atoms with Crippen molar-refractivity contribution >= 4 is 29.0 Å². The van der Waals surface area contributed by atoms with Crippen LogP contribution in [0.1, 0.15) is 29.2 Å². The predicted molar refractivity (Wildman–Crippen MR) is 132 cm³/mol. The molecule has 180 valence electrons. The molecule has 0 atom stereocenters. The number of aryl methyl sites for hydroxylation is 1. The second-order valence-electron chi connectivity index (χ2n) is 8.60. The summed E-state index contributed by atoms with van der Waals surface area (Å²) in [6.45, 7) is 6.81. The van der Waals surface area contributed by atoms with E-state index in [1.807, 2.05) is 32.9 Å². The number of benzene rings is 2. The van der Waals surface area contributed by atoms with Gasteiger partial charge < -0.3 is 15.1 Å². The molecule has 0 saturated heterocycles. The molecule has 3 rings (SSSR count). The average molecular weight is 486 g/mol. The van der Waals surface area contributed by atoms with Crippen molar-refractivity contribution in [2.75, 3.05) is 18.4 Å². The van der Waals surface area contributed by atoms with Gasteiger partial charge in [-0.15, -0.1) is 11.3 Å². The van der Waals surface area contributed by atoms with Crippen LogP contribution in [0.4, 0.5) is 19.3 Å². The molecular formula is C26H29F2N3O2S. The minimum Gasteiger partial charge on any atom is -0.332 e. The minimum atomic E-state index is -0.471. The fourth-order valence-electron chi connectivity index (χ4n) is 3.49. The zero-order valence-electron chi connectivity index (χ0n) is 19.6. The summed E-state index contributed by atoms with van der Waals surface area (Å²) in [6.07, 6.45) is 0. The van der Waals surface area contributed by atoms with Crippen molar-refractivity contribution in [3.05, 3.63) is 87.6 Å². The Kier molecular flexibility index (Phi) is 8.76. The van der Waals surface area contributed by atoms with Crippen LogP contribution < -0.4 is 5.32 Å². The number of urea groups is 1. The molecule has 0 bridgehead atoms. The molecular weight excluding hydrogens is 456 g/mol. The van der Waals surface area contributed by atoms with Crippen molar-refractivity contribution in [3.8, 4) is 0 Å². The van der Waals surface area contributed by atoms with Gasteiger partial charge in [0.2, 0.25) is 5.91 Å². The van der Waals surface area contributed by atoms with Gasteiger partial charge in [0, 0.05) is 28.5 Å². The van der Waals surface area contributed by atoms with E-state index in [2.05, 4.69) is 5.32 Å². The Morgan fingerprint density at radius 3 is 2.29 bits per heavy atom. The summed E-state index contributed by atoms with van der Waals surface area (Å²) in [5, 5.41) is 2.68. The average Bonchev–Trinajstić information content (AvgIpc) is 3.18. The van der Waals surface area contributed by atoms with Crippen LogP contribution in [0.3, 0.4) is 0 Å². The third kappa shape index (κ3) is 7.66. The second kappa shape index (κ2) is 11.7. The number of carbonyl (C=O) groups is 2. The van der Waals surface area contributed by atoms with E-state index in [0.29, 0.717) is 18.8 Å². The van der Waals surface area contributed by atoms with Crippen LogP contribution in [-0.2, 0) is 17.9 Å². The summed E-state index contributed by atoms with van der Waals surface area (Å²) in [5.41, 5.74) is 1.12. The number of hydrogen-bond acceptors (Lipinski definition) is 3. The lowest BCUT2D eigenvalue weighted by Crippen LogP contribution is -2.45. The Hall–Kier alpha value is -3.26. The molecule has 5 nitrogen and oxygen atoms in total. The van der Waals surface area contributed by atoms with Gasteiger partial charge >= 0.3 is 6.03 Å². The molecule has 2 aromatic carbocycles. The normalized spacial score (nSPS) is 10.9. The summed E-state index contributed by atoms with van der Waals surface area (Å²) in [7, 11) is 0. The highest BCUT2D eigenvalue weighted by atomic mass is 32.1. The molecule has 0 fully saturated rings. The first-order valence-corrected chi connectivity index (χ1v) is 11.9. The number of halogens is 2. The number of thiophene rings is 1. The summed E-state index contributed by atoms with van der Waals surface area (Å²) < 4.78 is 26.9. The Morgan fingerprint density at radius 1 is 0.941 bits per heavy atom. The molecule has 0 aliphatic heterocycles. The van der Waals surface area contributed by atoms with Gasteiger partial charge in [0.1, 0.15) is 18.2 Å². The highest BCUT2D eigenvalue weighted by Crippen LogP contribution is 2.19. The number of rotatable bonds is 9. The number of carbonyl (C=O) groups excluding carboxylic acids is 2. The molecule has 3 aromatic rings. The highest BCUT2D eigenvalue weighted by Gasteiger charge is 2.23. The third-order valence-corrected chi connectivity index (χ3v) is 6.04. The molecule has 8 heteroatoms. The van der Waals surface area contributed by atoms with Crippen LogP contribution in [-0.4, -0.2) is 34.8 Å². The van der Waals surface area contributed by atoms with Crippen molar-refractivity contribution in [2.24, 2.45) is 5.92 Å². The number of anilines is 1. The molecule has 0 aliphatic carbocycles. The van der Waals surface area contributed by atoms with Gasteiger partial charge in [0.15, 0.2) is 0 Å². The molecule has 0 saturated carbocycles. The predicted octanol–water partition coefficient (Wildman–Crippen LogP) is 6.05. The van der Waals surface area contributed by atoms with E-state index in [-0.39, 0.29) is 30.7 Å². The molecule has 1 heterocycles. The van der Waals surface area contributed by atoms with Gasteiger partial charge in [0.05, 0.1) is 6.54 Å². The van der Waals surface area contributed by atoms with E-state index in [1.165, 1.54) is 35.2 Å². The summed E-state index contributed by atoms with van der Waals surface area (Å²) >= 11 is 1.60. The quantitative estimate of drug-likeness (QED) is 0.401. The monoisotopic (exact) mass is 485 g/mol. The number of amides is 3. The fourth-order valence-corrected chi connectivity index (χ4v) is 4.40. The Balaban J connectivity index is 1.77. The first-order valence-electron chi connectivity index (χ1n) is 11.1. The lowest BCUT2D eigenvalue weighted by molar-refractivity contribution is -0.133. The van der Waals surface area contributed by atoms with Crippen LogP contribution in [0.25, 0.3) is 0 Å². The van der Waals surface area contributed by atoms with E-state index in [9.17, 15) is 18.4 Å². The molecule has 3 amide bonds. The Morgan fingerprint density at radius 2 is 1.68 bits per heavy atom. The highest BCUT2D eigenvalue weighted by molar-refractivity contribution is 7.11. The van der Waals surface area contributed by atoms with E-state index >= 15 is 0 Å². The summed E-state index contributed by atoms with van der Waals surface area (Å²) in [5.74, 6) is -0.907. The molecule has 0 spiro atoms. The smallest absolute Gasteiger partial charge is 0.322 e. The van der Waals surface area contributed by atoms with Gasteiger partial charge in [0.25, 0.3) is 0 Å². The summed E-state index contributed by atoms with van der Waals surface area (Å²) in [6, 6.07) is 15.2. The maximum Gasteiger partial charge on any atom is 0.322 e. The molecule has 0 aliphatic rings. The van der Waals surface area contributed by atoms with Gasteiger partial charge in [-0.2, -0.15) is 0 Å². The Labute approximate surface area is 203 Å². The van der Waals surface area contributed by atoms with Gasteiger partial charge in [-0.25, -0.2) is 13.6 Å². The van der Waals surface area contributed by atoms with E-state index in [4.69, 9.17) is 0 Å². The van der Waals surface area contributed by atoms with Gasteiger partial charge in [-0.05, 0) is 60.9 Å². The van der Waals surface area contributed by atoms with E-state index < -0.39 is 11.8 Å². The van der Waals surface area contributed by atoms with Crippen LogP contribution in [0, 0.1) is 24.5 Å². The molecule has 34 heavy (non-hydrogen) atoms.